The molecule has 1 atom stereocenters. The highest BCUT2D eigenvalue weighted by Gasteiger charge is 2.33. The normalized spacial score (nSPS) is 19.1. The van der Waals surface area contributed by atoms with Crippen LogP contribution in [0, 0.1) is 6.92 Å². The first kappa shape index (κ1) is 15.8. The number of aryl methyl sites for hydroxylation is 2. The average molecular weight is 295 g/mol. The summed E-state index contributed by atoms with van der Waals surface area (Å²) in [5, 5.41) is 7.39. The summed E-state index contributed by atoms with van der Waals surface area (Å²) in [6.07, 6.45) is 0. The highest BCUT2D eigenvalue weighted by Crippen LogP contribution is 2.26. The van der Waals surface area contributed by atoms with Crippen LogP contribution in [0.25, 0.3) is 0 Å². The first-order valence-electron chi connectivity index (χ1n) is 7.33. The molecule has 1 fully saturated rings. The zero-order chi connectivity index (χ0) is 15.6. The molecule has 1 aromatic rings. The van der Waals surface area contributed by atoms with Crippen LogP contribution in [-0.4, -0.2) is 47.5 Å². The summed E-state index contributed by atoms with van der Waals surface area (Å²) < 4.78 is 7.30. The molecule has 0 bridgehead atoms. The maximum atomic E-state index is 12.4. The third-order valence-electron chi connectivity index (χ3n) is 3.65. The van der Waals surface area contributed by atoms with E-state index in [2.05, 4.69) is 15.3 Å². The molecule has 0 radical (unpaired) electrons. The summed E-state index contributed by atoms with van der Waals surface area (Å²) in [5.74, 6) is 0.897. The number of nitrogens with zero attached hydrogens (tertiary/aromatic N) is 3. The van der Waals surface area contributed by atoms with Gasteiger partial charge in [-0.2, -0.15) is 5.10 Å². The molecule has 2 heterocycles. The molecule has 118 valence electrons. The maximum absolute atomic E-state index is 12.4. The van der Waals surface area contributed by atoms with Gasteiger partial charge in [0.05, 0.1) is 18.9 Å². The standard InChI is InChI=1S/C14H25N5O2/c1-9(2)16-13(20)12-8-21-6-5-19(12)14-11(7-15)10(3)17-18(14)4/h9,12H,5-8,15H2,1-4H3,(H,16,20). The molecular weight excluding hydrogens is 270 g/mol. The van der Waals surface area contributed by atoms with Crippen LogP contribution in [0.3, 0.4) is 0 Å². The number of carbonyl (C=O) groups is 1. The van der Waals surface area contributed by atoms with Crippen LogP contribution in [-0.2, 0) is 23.1 Å². The topological polar surface area (TPSA) is 85.4 Å². The maximum Gasteiger partial charge on any atom is 0.245 e. The zero-order valence-corrected chi connectivity index (χ0v) is 13.2. The summed E-state index contributed by atoms with van der Waals surface area (Å²) in [6, 6.07) is -0.246. The van der Waals surface area contributed by atoms with Crippen molar-refractivity contribution in [1.82, 2.24) is 15.1 Å². The molecule has 21 heavy (non-hydrogen) atoms. The Morgan fingerprint density at radius 3 is 2.90 bits per heavy atom. The number of nitrogens with one attached hydrogen (secondary N) is 1. The van der Waals surface area contributed by atoms with Crippen LogP contribution in [0.5, 0.6) is 0 Å². The van der Waals surface area contributed by atoms with Gasteiger partial charge in [0.1, 0.15) is 11.9 Å². The van der Waals surface area contributed by atoms with Gasteiger partial charge in [0.25, 0.3) is 0 Å². The molecule has 2 rings (SSSR count). The number of hydrogen-bond acceptors (Lipinski definition) is 5. The summed E-state index contributed by atoms with van der Waals surface area (Å²) in [4.78, 5) is 14.5. The van der Waals surface area contributed by atoms with Crippen molar-refractivity contribution in [3.05, 3.63) is 11.3 Å². The summed E-state index contributed by atoms with van der Waals surface area (Å²) in [7, 11) is 1.88. The van der Waals surface area contributed by atoms with Crippen LogP contribution >= 0.6 is 0 Å². The second-order valence-corrected chi connectivity index (χ2v) is 5.66. The van der Waals surface area contributed by atoms with E-state index in [0.29, 0.717) is 26.3 Å². The molecule has 0 aliphatic carbocycles. The van der Waals surface area contributed by atoms with E-state index in [9.17, 15) is 4.79 Å². The Kier molecular flexibility index (Phi) is 4.84. The number of morpholine rings is 1. The van der Waals surface area contributed by atoms with E-state index in [0.717, 1.165) is 17.1 Å². The predicted octanol–water partition coefficient (Wildman–Crippen LogP) is -0.0830. The fourth-order valence-corrected chi connectivity index (χ4v) is 2.74. The van der Waals surface area contributed by atoms with Crippen molar-refractivity contribution in [2.45, 2.75) is 39.4 Å². The van der Waals surface area contributed by atoms with Crippen molar-refractivity contribution in [2.75, 3.05) is 24.7 Å². The number of ether oxygens (including phenoxy) is 1. The van der Waals surface area contributed by atoms with Gasteiger partial charge in [0.15, 0.2) is 0 Å². The summed E-state index contributed by atoms with van der Waals surface area (Å²) in [6.45, 7) is 7.88. The predicted molar refractivity (Wildman–Crippen MR) is 81.1 cm³/mol. The number of hydrogen-bond donors (Lipinski definition) is 2. The second kappa shape index (κ2) is 6.44. The lowest BCUT2D eigenvalue weighted by atomic mass is 10.1. The Morgan fingerprint density at radius 1 is 1.57 bits per heavy atom. The monoisotopic (exact) mass is 295 g/mol. The van der Waals surface area contributed by atoms with Gasteiger partial charge in [-0.05, 0) is 20.8 Å². The fourth-order valence-electron chi connectivity index (χ4n) is 2.74. The van der Waals surface area contributed by atoms with Crippen LogP contribution in [0.4, 0.5) is 5.82 Å². The average Bonchev–Trinajstić information content (AvgIpc) is 2.71. The number of anilines is 1. The third-order valence-corrected chi connectivity index (χ3v) is 3.65. The fraction of sp³-hybridized carbons (Fsp3) is 0.714. The lowest BCUT2D eigenvalue weighted by Crippen LogP contribution is -2.55. The molecule has 7 nitrogen and oxygen atoms in total. The molecule has 1 aliphatic rings. The number of amides is 1. The second-order valence-electron chi connectivity index (χ2n) is 5.66. The van der Waals surface area contributed by atoms with E-state index in [1.54, 1.807) is 4.68 Å². The minimum absolute atomic E-state index is 0.0217. The van der Waals surface area contributed by atoms with Gasteiger partial charge in [-0.15, -0.1) is 0 Å². The van der Waals surface area contributed by atoms with Gasteiger partial charge < -0.3 is 20.7 Å². The molecule has 0 aromatic carbocycles. The molecule has 1 amide bonds. The Morgan fingerprint density at radius 2 is 2.29 bits per heavy atom. The van der Waals surface area contributed by atoms with E-state index in [-0.39, 0.29) is 18.0 Å². The van der Waals surface area contributed by atoms with Gasteiger partial charge in [-0.25, -0.2) is 0 Å². The van der Waals surface area contributed by atoms with E-state index < -0.39 is 0 Å². The SMILES string of the molecule is Cc1nn(C)c(N2CCOCC2C(=O)NC(C)C)c1CN. The van der Waals surface area contributed by atoms with Gasteiger partial charge in [0, 0.05) is 31.7 Å². The van der Waals surface area contributed by atoms with Crippen LogP contribution < -0.4 is 16.0 Å². The minimum Gasteiger partial charge on any atom is -0.377 e. The number of nitrogens with two attached hydrogens (primary N) is 1. The highest BCUT2D eigenvalue weighted by molar-refractivity contribution is 5.86. The molecule has 3 N–H and O–H groups in total. The van der Waals surface area contributed by atoms with E-state index in [4.69, 9.17) is 10.5 Å². The lowest BCUT2D eigenvalue weighted by Gasteiger charge is -2.37. The lowest BCUT2D eigenvalue weighted by molar-refractivity contribution is -0.125. The Hall–Kier alpha value is -1.60. The third kappa shape index (κ3) is 3.19. The molecule has 1 aliphatic heterocycles. The molecule has 7 heteroatoms. The van der Waals surface area contributed by atoms with Crippen molar-refractivity contribution in [1.29, 1.82) is 0 Å². The van der Waals surface area contributed by atoms with Gasteiger partial charge >= 0.3 is 0 Å². The summed E-state index contributed by atoms with van der Waals surface area (Å²) in [5.41, 5.74) is 7.76. The quantitative estimate of drug-likeness (QED) is 0.811. The Bertz CT molecular complexity index is 512. The molecule has 1 aromatic heterocycles. The van der Waals surface area contributed by atoms with Crippen LogP contribution in [0.2, 0.25) is 0 Å². The largest absolute Gasteiger partial charge is 0.377 e. The van der Waals surface area contributed by atoms with Gasteiger partial charge in [-0.1, -0.05) is 0 Å². The van der Waals surface area contributed by atoms with Crippen molar-refractivity contribution >= 4 is 11.7 Å². The molecule has 0 saturated carbocycles. The Labute approximate surface area is 125 Å². The Balaban J connectivity index is 2.33. The van der Waals surface area contributed by atoms with Gasteiger partial charge in [-0.3, -0.25) is 9.48 Å². The van der Waals surface area contributed by atoms with Crippen LogP contribution in [0.1, 0.15) is 25.1 Å². The highest BCUT2D eigenvalue weighted by atomic mass is 16.5. The zero-order valence-electron chi connectivity index (χ0n) is 13.2. The van der Waals surface area contributed by atoms with E-state index in [1.807, 2.05) is 27.8 Å². The van der Waals surface area contributed by atoms with Crippen molar-refractivity contribution in [3.8, 4) is 0 Å². The minimum atomic E-state index is -0.346. The smallest absolute Gasteiger partial charge is 0.245 e. The first-order valence-corrected chi connectivity index (χ1v) is 7.33. The molecule has 0 spiro atoms. The van der Waals surface area contributed by atoms with E-state index >= 15 is 0 Å². The number of aromatic nitrogens is 2. The van der Waals surface area contributed by atoms with Crippen molar-refractivity contribution < 1.29 is 9.53 Å². The van der Waals surface area contributed by atoms with Gasteiger partial charge in [0.2, 0.25) is 5.91 Å². The van der Waals surface area contributed by atoms with Crippen molar-refractivity contribution in [2.24, 2.45) is 12.8 Å². The van der Waals surface area contributed by atoms with Crippen LogP contribution in [0.15, 0.2) is 0 Å². The number of rotatable bonds is 4. The van der Waals surface area contributed by atoms with Crippen molar-refractivity contribution in [3.63, 3.8) is 0 Å². The number of carbonyl (C=O) groups excluding carboxylic acids is 1. The molecule has 1 saturated heterocycles. The molecule has 1 unspecified atom stereocenters. The molecular formula is C14H25N5O2. The summed E-state index contributed by atoms with van der Waals surface area (Å²) >= 11 is 0. The van der Waals surface area contributed by atoms with E-state index in [1.165, 1.54) is 0 Å². The first-order chi connectivity index (χ1) is 9.95.